The molecule has 1 aliphatic heterocycles. The molecule has 6 heteroatoms. The van der Waals surface area contributed by atoms with E-state index in [1.165, 1.54) is 0 Å². The Morgan fingerprint density at radius 1 is 1.28 bits per heavy atom. The van der Waals surface area contributed by atoms with Gasteiger partial charge >= 0.3 is 0 Å². The van der Waals surface area contributed by atoms with Crippen LogP contribution in [0.15, 0.2) is 0 Å². The van der Waals surface area contributed by atoms with Crippen molar-refractivity contribution in [1.82, 2.24) is 14.5 Å². The van der Waals surface area contributed by atoms with Crippen LogP contribution in [0.4, 0.5) is 0 Å². The summed E-state index contributed by atoms with van der Waals surface area (Å²) < 4.78 is 26.3. The second-order valence-electron chi connectivity index (χ2n) is 5.56. The molecule has 108 valence electrons. The van der Waals surface area contributed by atoms with Crippen molar-refractivity contribution >= 4 is 10.0 Å². The lowest BCUT2D eigenvalue weighted by Gasteiger charge is -2.45. The molecule has 1 saturated heterocycles. The van der Waals surface area contributed by atoms with Gasteiger partial charge in [-0.05, 0) is 53.5 Å². The highest BCUT2D eigenvalue weighted by molar-refractivity contribution is 7.89. The molecule has 0 aliphatic carbocycles. The zero-order valence-corrected chi connectivity index (χ0v) is 12.9. The molecule has 1 rings (SSSR count). The maximum atomic E-state index is 11.8. The minimum atomic E-state index is -3.11. The summed E-state index contributed by atoms with van der Waals surface area (Å²) in [6, 6.07) is 0. The first-order valence-corrected chi connectivity index (χ1v) is 8.30. The smallest absolute Gasteiger partial charge is 0.211 e. The molecule has 18 heavy (non-hydrogen) atoms. The van der Waals surface area contributed by atoms with E-state index in [2.05, 4.69) is 21.6 Å². The van der Waals surface area contributed by atoms with Crippen LogP contribution in [0.1, 0.15) is 26.2 Å². The van der Waals surface area contributed by atoms with Crippen LogP contribution in [-0.2, 0) is 10.0 Å². The van der Waals surface area contributed by atoms with E-state index < -0.39 is 10.0 Å². The van der Waals surface area contributed by atoms with Crippen LogP contribution in [0, 0.1) is 0 Å². The largest absolute Gasteiger partial charge is 0.306 e. The van der Waals surface area contributed by atoms with E-state index in [9.17, 15) is 8.42 Å². The Morgan fingerprint density at radius 2 is 1.83 bits per heavy atom. The first kappa shape index (κ1) is 15.9. The Hall–Kier alpha value is -0.170. The maximum Gasteiger partial charge on any atom is 0.211 e. The number of hydrogen-bond donors (Lipinski definition) is 1. The van der Waals surface area contributed by atoms with Gasteiger partial charge in [-0.1, -0.05) is 6.92 Å². The molecule has 0 aromatic carbocycles. The summed E-state index contributed by atoms with van der Waals surface area (Å²) in [5, 5.41) is 0. The summed E-state index contributed by atoms with van der Waals surface area (Å²) >= 11 is 0. The average molecular weight is 277 g/mol. The van der Waals surface area contributed by atoms with Crippen LogP contribution in [-0.4, -0.2) is 70.3 Å². The Balaban J connectivity index is 2.64. The molecule has 5 nitrogen and oxygen atoms in total. The zero-order chi connectivity index (χ0) is 13.8. The van der Waals surface area contributed by atoms with E-state index in [0.717, 1.165) is 25.9 Å². The number of hydrogen-bond acceptors (Lipinski definition) is 4. The van der Waals surface area contributed by atoms with Gasteiger partial charge in [-0.2, -0.15) is 0 Å². The minimum Gasteiger partial charge on any atom is -0.306 e. The summed E-state index contributed by atoms with van der Waals surface area (Å²) in [5.41, 5.74) is -0.0344. The molecule has 1 fully saturated rings. The zero-order valence-electron chi connectivity index (χ0n) is 12.1. The van der Waals surface area contributed by atoms with E-state index in [-0.39, 0.29) is 11.3 Å². The number of nitrogens with one attached hydrogen (secondary N) is 1. The van der Waals surface area contributed by atoms with Gasteiger partial charge in [0.25, 0.3) is 0 Å². The first-order valence-electron chi connectivity index (χ1n) is 6.65. The lowest BCUT2D eigenvalue weighted by Crippen LogP contribution is -2.58. The van der Waals surface area contributed by atoms with Crippen molar-refractivity contribution in [2.75, 3.05) is 46.5 Å². The van der Waals surface area contributed by atoms with Crippen LogP contribution >= 0.6 is 0 Å². The van der Waals surface area contributed by atoms with Crippen LogP contribution in [0.25, 0.3) is 0 Å². The van der Waals surface area contributed by atoms with Crippen molar-refractivity contribution in [1.29, 1.82) is 0 Å². The monoisotopic (exact) mass is 277 g/mol. The molecule has 1 aliphatic rings. The Bertz CT molecular complexity index is 346. The highest BCUT2D eigenvalue weighted by Gasteiger charge is 2.36. The topological polar surface area (TPSA) is 52.7 Å². The molecular formula is C12H27N3O2S. The molecule has 0 bridgehead atoms. The fraction of sp³-hybridized carbons (Fsp3) is 1.00. The molecule has 0 spiro atoms. The summed E-state index contributed by atoms with van der Waals surface area (Å²) in [5.74, 6) is 0.219. The molecule has 0 unspecified atom stereocenters. The van der Waals surface area contributed by atoms with Gasteiger partial charge in [-0.3, -0.25) is 0 Å². The van der Waals surface area contributed by atoms with E-state index in [4.69, 9.17) is 0 Å². The lowest BCUT2D eigenvalue weighted by atomic mass is 9.86. The molecule has 1 heterocycles. The summed E-state index contributed by atoms with van der Waals surface area (Å²) in [4.78, 5) is 4.47. The third-order valence-corrected chi connectivity index (χ3v) is 5.49. The van der Waals surface area contributed by atoms with Crippen LogP contribution < -0.4 is 4.72 Å². The van der Waals surface area contributed by atoms with Gasteiger partial charge in [0.15, 0.2) is 0 Å². The number of likely N-dealkylation sites (tertiary alicyclic amines) is 1. The van der Waals surface area contributed by atoms with Gasteiger partial charge in [0, 0.05) is 12.1 Å². The molecule has 0 saturated carbocycles. The number of piperidine rings is 1. The van der Waals surface area contributed by atoms with Gasteiger partial charge in [0.1, 0.15) is 0 Å². The van der Waals surface area contributed by atoms with Crippen molar-refractivity contribution < 1.29 is 8.42 Å². The molecule has 0 aromatic heterocycles. The van der Waals surface area contributed by atoms with Gasteiger partial charge in [-0.15, -0.1) is 0 Å². The standard InChI is InChI=1S/C12H27N3O2S/c1-5-10-18(16,17)13-11-12(14(2)3)6-8-15(4)9-7-12/h13H,5-11H2,1-4H3. The Morgan fingerprint density at radius 3 is 2.28 bits per heavy atom. The van der Waals surface area contributed by atoms with Gasteiger partial charge in [0.05, 0.1) is 5.75 Å². The number of likely N-dealkylation sites (N-methyl/N-ethyl adjacent to an activating group) is 1. The van der Waals surface area contributed by atoms with E-state index in [1.54, 1.807) is 0 Å². The Labute approximate surface area is 112 Å². The molecular weight excluding hydrogens is 250 g/mol. The molecule has 0 aromatic rings. The first-order chi connectivity index (χ1) is 8.31. The van der Waals surface area contributed by atoms with Crippen molar-refractivity contribution in [3.8, 4) is 0 Å². The highest BCUT2D eigenvalue weighted by Crippen LogP contribution is 2.26. The van der Waals surface area contributed by atoms with E-state index in [1.807, 2.05) is 21.0 Å². The second kappa shape index (κ2) is 6.32. The van der Waals surface area contributed by atoms with Crippen molar-refractivity contribution in [3.63, 3.8) is 0 Å². The summed E-state index contributed by atoms with van der Waals surface area (Å²) in [6.07, 6.45) is 2.67. The molecule has 0 atom stereocenters. The van der Waals surface area contributed by atoms with Gasteiger partial charge in [-0.25, -0.2) is 13.1 Å². The van der Waals surface area contributed by atoms with Crippen LogP contribution in [0.3, 0.4) is 0 Å². The third kappa shape index (κ3) is 4.19. The Kier molecular flexibility index (Phi) is 5.58. The fourth-order valence-electron chi connectivity index (χ4n) is 2.40. The average Bonchev–Trinajstić information content (AvgIpc) is 2.28. The summed E-state index contributed by atoms with van der Waals surface area (Å²) in [7, 11) is 3.09. The van der Waals surface area contributed by atoms with E-state index in [0.29, 0.717) is 13.0 Å². The van der Waals surface area contributed by atoms with E-state index >= 15 is 0 Å². The van der Waals surface area contributed by atoms with Gasteiger partial charge in [0.2, 0.25) is 10.0 Å². The van der Waals surface area contributed by atoms with Crippen LogP contribution in [0.2, 0.25) is 0 Å². The predicted molar refractivity (Wildman–Crippen MR) is 75.2 cm³/mol. The fourth-order valence-corrected chi connectivity index (χ4v) is 3.57. The number of nitrogens with zero attached hydrogens (tertiary/aromatic N) is 2. The normalized spacial score (nSPS) is 21.4. The maximum absolute atomic E-state index is 11.8. The van der Waals surface area contributed by atoms with Crippen molar-refractivity contribution in [2.45, 2.75) is 31.7 Å². The lowest BCUT2D eigenvalue weighted by molar-refractivity contribution is 0.0706. The highest BCUT2D eigenvalue weighted by atomic mass is 32.2. The number of rotatable bonds is 6. The molecule has 0 amide bonds. The predicted octanol–water partition coefficient (Wildman–Crippen LogP) is 0.342. The minimum absolute atomic E-state index is 0.0344. The van der Waals surface area contributed by atoms with Crippen LogP contribution in [0.5, 0.6) is 0 Å². The van der Waals surface area contributed by atoms with Gasteiger partial charge < -0.3 is 9.80 Å². The third-order valence-electron chi connectivity index (χ3n) is 3.96. The van der Waals surface area contributed by atoms with Crippen molar-refractivity contribution in [2.24, 2.45) is 0 Å². The number of sulfonamides is 1. The van der Waals surface area contributed by atoms with Crippen molar-refractivity contribution in [3.05, 3.63) is 0 Å². The molecule has 1 N–H and O–H groups in total. The second-order valence-corrected chi connectivity index (χ2v) is 7.49. The molecule has 0 radical (unpaired) electrons. The SMILES string of the molecule is CCCS(=O)(=O)NCC1(N(C)C)CCN(C)CC1. The quantitative estimate of drug-likeness (QED) is 0.761. The summed E-state index contributed by atoms with van der Waals surface area (Å²) in [6.45, 7) is 4.45.